The summed E-state index contributed by atoms with van der Waals surface area (Å²) in [5.41, 5.74) is 0.524. The van der Waals surface area contributed by atoms with Gasteiger partial charge in [0.1, 0.15) is 17.4 Å². The van der Waals surface area contributed by atoms with E-state index in [4.69, 9.17) is 23.2 Å². The molecule has 1 nitrogen and oxygen atoms in total. The van der Waals surface area contributed by atoms with Gasteiger partial charge in [-0.1, -0.05) is 29.3 Å². The van der Waals surface area contributed by atoms with E-state index in [0.717, 1.165) is 18.2 Å². The largest absolute Gasteiger partial charge is 0.299 e. The fourth-order valence-corrected chi connectivity index (χ4v) is 2.38. The van der Waals surface area contributed by atoms with Crippen molar-refractivity contribution in [2.24, 2.45) is 0 Å². The summed E-state index contributed by atoms with van der Waals surface area (Å²) in [5.74, 6) is -1.47. The Morgan fingerprint density at radius 3 is 2.30 bits per heavy atom. The van der Waals surface area contributed by atoms with Gasteiger partial charge >= 0.3 is 0 Å². The minimum atomic E-state index is -0.606. The molecule has 0 aliphatic rings. The molecule has 0 fully saturated rings. The quantitative estimate of drug-likeness (QED) is 0.804. The number of hydrogen-bond acceptors (Lipinski definition) is 1. The molecule has 0 bridgehead atoms. The first-order chi connectivity index (χ1) is 9.47. The molecule has 0 radical (unpaired) electrons. The van der Waals surface area contributed by atoms with Gasteiger partial charge in [-0.05, 0) is 41.5 Å². The highest BCUT2D eigenvalue weighted by Crippen LogP contribution is 2.25. The lowest BCUT2D eigenvalue weighted by Gasteiger charge is -2.07. The van der Waals surface area contributed by atoms with Gasteiger partial charge in [0.2, 0.25) is 0 Å². The van der Waals surface area contributed by atoms with Crippen LogP contribution in [0.15, 0.2) is 36.4 Å². The van der Waals surface area contributed by atoms with Crippen LogP contribution < -0.4 is 0 Å². The van der Waals surface area contributed by atoms with Crippen molar-refractivity contribution in [2.45, 2.75) is 12.8 Å². The zero-order chi connectivity index (χ0) is 14.7. The number of Topliss-reactive ketones (excluding diaryl/α,β-unsaturated/α-hetero) is 1. The van der Waals surface area contributed by atoms with Crippen molar-refractivity contribution in [3.05, 3.63) is 69.2 Å². The standard InChI is InChI=1S/C15H10Cl2F2O/c16-13-2-1-3-14(17)12(13)8-11(20)7-9-6-10(18)4-5-15(9)19/h1-6H,7-8H2. The van der Waals surface area contributed by atoms with E-state index in [1.165, 1.54) is 0 Å². The normalized spacial score (nSPS) is 10.6. The number of halogens is 4. The van der Waals surface area contributed by atoms with E-state index >= 15 is 0 Å². The van der Waals surface area contributed by atoms with Gasteiger partial charge < -0.3 is 0 Å². The molecule has 0 unspecified atom stereocenters. The van der Waals surface area contributed by atoms with Crippen molar-refractivity contribution in [1.82, 2.24) is 0 Å². The zero-order valence-electron chi connectivity index (χ0n) is 10.3. The van der Waals surface area contributed by atoms with Gasteiger partial charge in [-0.3, -0.25) is 4.79 Å². The van der Waals surface area contributed by atoms with Gasteiger partial charge in [-0.25, -0.2) is 8.78 Å². The summed E-state index contributed by atoms with van der Waals surface area (Å²) >= 11 is 11.9. The average Bonchev–Trinajstić information content (AvgIpc) is 2.38. The molecule has 2 rings (SSSR count). The smallest absolute Gasteiger partial charge is 0.141 e. The maximum absolute atomic E-state index is 13.5. The third-order valence-corrected chi connectivity index (χ3v) is 3.54. The summed E-state index contributed by atoms with van der Waals surface area (Å²) in [5, 5.41) is 0.760. The fourth-order valence-electron chi connectivity index (χ4n) is 1.85. The number of ketones is 1. The Morgan fingerprint density at radius 2 is 1.65 bits per heavy atom. The molecule has 5 heteroatoms. The summed E-state index contributed by atoms with van der Waals surface area (Å²) in [4.78, 5) is 11.9. The van der Waals surface area contributed by atoms with Crippen molar-refractivity contribution in [3.8, 4) is 0 Å². The minimum absolute atomic E-state index is 0.0194. The van der Waals surface area contributed by atoms with Crippen molar-refractivity contribution >= 4 is 29.0 Å². The Hall–Kier alpha value is -1.45. The number of rotatable bonds is 4. The van der Waals surface area contributed by atoms with E-state index in [1.54, 1.807) is 18.2 Å². The Kier molecular flexibility index (Phi) is 4.73. The molecule has 0 spiro atoms. The first-order valence-corrected chi connectivity index (χ1v) is 6.61. The average molecular weight is 315 g/mol. The number of benzene rings is 2. The Morgan fingerprint density at radius 1 is 1.00 bits per heavy atom. The lowest BCUT2D eigenvalue weighted by Crippen LogP contribution is -2.09. The molecule has 0 heterocycles. The van der Waals surface area contributed by atoms with Crippen LogP contribution >= 0.6 is 23.2 Å². The summed E-state index contributed by atoms with van der Waals surface area (Å²) in [6, 6.07) is 7.94. The predicted octanol–water partition coefficient (Wildman–Crippen LogP) is 4.63. The van der Waals surface area contributed by atoms with Crippen molar-refractivity contribution < 1.29 is 13.6 Å². The summed E-state index contributed by atoms with van der Waals surface area (Å²) < 4.78 is 26.5. The lowest BCUT2D eigenvalue weighted by atomic mass is 10.0. The van der Waals surface area contributed by atoms with E-state index in [2.05, 4.69) is 0 Å². The molecule has 0 atom stereocenters. The lowest BCUT2D eigenvalue weighted by molar-refractivity contribution is -0.117. The molecule has 0 aliphatic heterocycles. The van der Waals surface area contributed by atoms with Crippen LogP contribution in [0.3, 0.4) is 0 Å². The molecule has 0 saturated heterocycles. The molecule has 2 aromatic carbocycles. The molecule has 0 N–H and O–H groups in total. The first kappa shape index (κ1) is 14.9. The molecule has 0 aromatic heterocycles. The van der Waals surface area contributed by atoms with Crippen LogP contribution in [0.2, 0.25) is 10.0 Å². The van der Waals surface area contributed by atoms with Crippen LogP contribution in [-0.2, 0) is 17.6 Å². The van der Waals surface area contributed by atoms with Crippen molar-refractivity contribution in [1.29, 1.82) is 0 Å². The fraction of sp³-hybridized carbons (Fsp3) is 0.133. The predicted molar refractivity (Wildman–Crippen MR) is 75.2 cm³/mol. The van der Waals surface area contributed by atoms with Gasteiger partial charge in [-0.2, -0.15) is 0 Å². The maximum atomic E-state index is 13.5. The van der Waals surface area contributed by atoms with Crippen LogP contribution in [0.25, 0.3) is 0 Å². The van der Waals surface area contributed by atoms with Crippen LogP contribution in [0, 0.1) is 11.6 Å². The summed E-state index contributed by atoms with van der Waals surface area (Å²) in [7, 11) is 0. The first-order valence-electron chi connectivity index (χ1n) is 5.86. The van der Waals surface area contributed by atoms with E-state index in [1.807, 2.05) is 0 Å². The second-order valence-corrected chi connectivity index (χ2v) is 5.14. The Balaban J connectivity index is 2.15. The minimum Gasteiger partial charge on any atom is -0.299 e. The zero-order valence-corrected chi connectivity index (χ0v) is 11.8. The topological polar surface area (TPSA) is 17.1 Å². The third kappa shape index (κ3) is 3.56. The molecule has 0 amide bonds. The van der Waals surface area contributed by atoms with E-state index < -0.39 is 11.6 Å². The molecule has 20 heavy (non-hydrogen) atoms. The van der Waals surface area contributed by atoms with Gasteiger partial charge in [0.15, 0.2) is 0 Å². The van der Waals surface area contributed by atoms with E-state index in [9.17, 15) is 13.6 Å². The summed E-state index contributed by atoms with van der Waals surface area (Å²) in [6.07, 6.45) is -0.223. The van der Waals surface area contributed by atoms with E-state index in [0.29, 0.717) is 15.6 Å². The van der Waals surface area contributed by atoms with Gasteiger partial charge in [0, 0.05) is 22.9 Å². The molecule has 0 aliphatic carbocycles. The van der Waals surface area contributed by atoms with Crippen LogP contribution in [-0.4, -0.2) is 5.78 Å². The molecule has 104 valence electrons. The monoisotopic (exact) mass is 314 g/mol. The maximum Gasteiger partial charge on any atom is 0.141 e. The highest BCUT2D eigenvalue weighted by atomic mass is 35.5. The van der Waals surface area contributed by atoms with Crippen LogP contribution in [0.4, 0.5) is 8.78 Å². The molecular weight excluding hydrogens is 305 g/mol. The number of carbonyl (C=O) groups excluding carboxylic acids is 1. The third-order valence-electron chi connectivity index (χ3n) is 2.83. The second-order valence-electron chi connectivity index (χ2n) is 4.33. The van der Waals surface area contributed by atoms with Crippen LogP contribution in [0.1, 0.15) is 11.1 Å². The van der Waals surface area contributed by atoms with Crippen molar-refractivity contribution in [2.75, 3.05) is 0 Å². The molecular formula is C15H10Cl2F2O. The van der Waals surface area contributed by atoms with Crippen LogP contribution in [0.5, 0.6) is 0 Å². The Bertz CT molecular complexity index is 636. The second kappa shape index (κ2) is 6.33. The highest BCUT2D eigenvalue weighted by Gasteiger charge is 2.14. The van der Waals surface area contributed by atoms with Gasteiger partial charge in [0.05, 0.1) is 0 Å². The SMILES string of the molecule is O=C(Cc1cc(F)ccc1F)Cc1c(Cl)cccc1Cl. The van der Waals surface area contributed by atoms with Gasteiger partial charge in [-0.15, -0.1) is 0 Å². The Labute approximate surface area is 125 Å². The molecule has 0 saturated carbocycles. The number of carbonyl (C=O) groups is 1. The number of hydrogen-bond donors (Lipinski definition) is 0. The van der Waals surface area contributed by atoms with Gasteiger partial charge in [0.25, 0.3) is 0 Å². The van der Waals surface area contributed by atoms with E-state index in [-0.39, 0.29) is 24.2 Å². The van der Waals surface area contributed by atoms with Crippen molar-refractivity contribution in [3.63, 3.8) is 0 Å². The summed E-state index contributed by atoms with van der Waals surface area (Å²) in [6.45, 7) is 0. The molecule has 2 aromatic rings. The highest BCUT2D eigenvalue weighted by molar-refractivity contribution is 6.36.